The molecule has 3 aromatic heterocycles. The molecule has 1 fully saturated rings. The van der Waals surface area contributed by atoms with Gasteiger partial charge < -0.3 is 14.8 Å². The standard InChI is InChI=1S/C27H28N8O2/c1-15-9-17-10-18(25-30-12-16(2)35(25)14-20(17)19-13-31-33-22(15)19)11-21(36)34-7-3-27(4-8-34)23-24(32-26(27)37)29-6-5-28-23/h5-6,9,12-13,18H,3-4,7-8,10-11,14H2,1-2H3,(H,31,33)(H,29,32,37)/t18-/m0/s1. The minimum atomic E-state index is -0.692. The summed E-state index contributed by atoms with van der Waals surface area (Å²) in [5.41, 5.74) is 5.84. The van der Waals surface area contributed by atoms with E-state index in [4.69, 9.17) is 4.98 Å². The molecule has 0 bridgehead atoms. The van der Waals surface area contributed by atoms with Crippen LogP contribution in [-0.2, 0) is 28.0 Å². The molecule has 0 aliphatic carbocycles. The molecular weight excluding hydrogens is 468 g/mol. The number of amides is 2. The molecule has 2 amide bonds. The van der Waals surface area contributed by atoms with Crippen molar-refractivity contribution >= 4 is 28.5 Å². The second-order valence-corrected chi connectivity index (χ2v) is 10.6. The van der Waals surface area contributed by atoms with E-state index in [1.54, 1.807) is 12.4 Å². The number of aromatic amines is 1. The zero-order valence-electron chi connectivity index (χ0n) is 20.9. The van der Waals surface area contributed by atoms with E-state index in [1.165, 1.54) is 11.1 Å². The fourth-order valence-electron chi connectivity index (χ4n) is 6.52. The van der Waals surface area contributed by atoms with E-state index in [2.05, 4.69) is 50.0 Å². The van der Waals surface area contributed by atoms with Crippen LogP contribution in [0.5, 0.6) is 0 Å². The Morgan fingerprint density at radius 2 is 1.95 bits per heavy atom. The zero-order chi connectivity index (χ0) is 25.3. The second kappa shape index (κ2) is 7.96. The minimum Gasteiger partial charge on any atom is -0.343 e. The molecular formula is C27H28N8O2. The summed E-state index contributed by atoms with van der Waals surface area (Å²) in [6, 6.07) is 2.23. The number of anilines is 1. The number of aryl methyl sites for hydroxylation is 2. The summed E-state index contributed by atoms with van der Waals surface area (Å²) in [6.07, 6.45) is 9.27. The van der Waals surface area contributed by atoms with Crippen molar-refractivity contribution in [3.8, 4) is 0 Å². The number of carbonyl (C=O) groups is 2. The number of hydrogen-bond donors (Lipinski definition) is 2. The summed E-state index contributed by atoms with van der Waals surface area (Å²) >= 11 is 0. The van der Waals surface area contributed by atoms with E-state index in [0.717, 1.165) is 41.0 Å². The highest BCUT2D eigenvalue weighted by atomic mass is 16.2. The van der Waals surface area contributed by atoms with Crippen LogP contribution in [0.15, 0.2) is 30.9 Å². The third-order valence-corrected chi connectivity index (χ3v) is 8.58. The van der Waals surface area contributed by atoms with Crippen molar-refractivity contribution in [3.63, 3.8) is 0 Å². The molecule has 2 N–H and O–H groups in total. The lowest BCUT2D eigenvalue weighted by Gasteiger charge is -2.37. The molecule has 10 heteroatoms. The third-order valence-electron chi connectivity index (χ3n) is 8.58. The number of fused-ring (bicyclic) bond motifs is 6. The van der Waals surface area contributed by atoms with Gasteiger partial charge in [-0.15, -0.1) is 0 Å². The van der Waals surface area contributed by atoms with Gasteiger partial charge in [0.05, 0.1) is 22.8 Å². The number of likely N-dealkylation sites (tertiary alicyclic amines) is 1. The van der Waals surface area contributed by atoms with Crippen molar-refractivity contribution in [2.45, 2.75) is 57.4 Å². The number of carbonyl (C=O) groups excluding carboxylic acids is 2. The van der Waals surface area contributed by atoms with Gasteiger partial charge in [-0.2, -0.15) is 5.10 Å². The predicted octanol–water partition coefficient (Wildman–Crippen LogP) is 2.76. The average molecular weight is 497 g/mol. The Balaban J connectivity index is 1.15. The van der Waals surface area contributed by atoms with Gasteiger partial charge in [0.2, 0.25) is 11.8 Å². The van der Waals surface area contributed by atoms with Crippen LogP contribution in [0, 0.1) is 13.8 Å². The first kappa shape index (κ1) is 22.1. The molecule has 188 valence electrons. The largest absolute Gasteiger partial charge is 0.343 e. The van der Waals surface area contributed by atoms with Gasteiger partial charge in [-0.05, 0) is 49.8 Å². The van der Waals surface area contributed by atoms with Crippen molar-refractivity contribution in [1.82, 2.24) is 34.6 Å². The van der Waals surface area contributed by atoms with Crippen LogP contribution in [0.2, 0.25) is 0 Å². The van der Waals surface area contributed by atoms with Crippen molar-refractivity contribution in [1.29, 1.82) is 0 Å². The molecule has 4 aromatic rings. The quantitative estimate of drug-likeness (QED) is 0.440. The van der Waals surface area contributed by atoms with E-state index in [9.17, 15) is 9.59 Å². The van der Waals surface area contributed by atoms with Crippen LogP contribution in [-0.4, -0.2) is 59.5 Å². The summed E-state index contributed by atoms with van der Waals surface area (Å²) in [7, 11) is 0. The lowest BCUT2D eigenvalue weighted by molar-refractivity contribution is -0.135. The second-order valence-electron chi connectivity index (χ2n) is 10.6. The maximum atomic E-state index is 13.6. The molecule has 0 radical (unpaired) electrons. The summed E-state index contributed by atoms with van der Waals surface area (Å²) in [6.45, 7) is 5.93. The van der Waals surface area contributed by atoms with Crippen LogP contribution in [0.4, 0.5) is 5.82 Å². The highest BCUT2D eigenvalue weighted by molar-refractivity contribution is 6.04. The number of piperidine rings is 1. The number of imidazole rings is 1. The Labute approximate surface area is 213 Å². The van der Waals surface area contributed by atoms with E-state index in [0.29, 0.717) is 43.9 Å². The van der Waals surface area contributed by atoms with Crippen LogP contribution >= 0.6 is 0 Å². The van der Waals surface area contributed by atoms with Gasteiger partial charge in [-0.3, -0.25) is 19.7 Å². The van der Waals surface area contributed by atoms with Crippen LogP contribution in [0.25, 0.3) is 10.9 Å². The summed E-state index contributed by atoms with van der Waals surface area (Å²) in [5.74, 6) is 1.54. The van der Waals surface area contributed by atoms with Crippen LogP contribution < -0.4 is 5.32 Å². The summed E-state index contributed by atoms with van der Waals surface area (Å²) in [4.78, 5) is 41.9. The van der Waals surface area contributed by atoms with Crippen LogP contribution in [0.1, 0.15) is 59.1 Å². The predicted molar refractivity (Wildman–Crippen MR) is 136 cm³/mol. The first-order valence-corrected chi connectivity index (χ1v) is 12.8. The Hall–Kier alpha value is -4.08. The Morgan fingerprint density at radius 1 is 1.14 bits per heavy atom. The SMILES string of the molecule is Cc1cc2c(c3cn[nH]c13)Cn1c(C)cnc1[C@H](CC(=O)N1CCC3(CC1)C(=O)Nc1nccnc13)C2. The number of hydrogen-bond acceptors (Lipinski definition) is 6. The van der Waals surface area contributed by atoms with E-state index >= 15 is 0 Å². The van der Waals surface area contributed by atoms with Crippen molar-refractivity contribution in [2.24, 2.45) is 0 Å². The Morgan fingerprint density at radius 3 is 2.78 bits per heavy atom. The highest BCUT2D eigenvalue weighted by Gasteiger charge is 2.51. The molecule has 10 nitrogen and oxygen atoms in total. The first-order valence-electron chi connectivity index (χ1n) is 12.8. The van der Waals surface area contributed by atoms with Gasteiger partial charge in [-0.25, -0.2) is 9.97 Å². The van der Waals surface area contributed by atoms with E-state index in [1.807, 2.05) is 17.3 Å². The van der Waals surface area contributed by atoms with Crippen LogP contribution in [0.3, 0.4) is 0 Å². The molecule has 1 saturated heterocycles. The van der Waals surface area contributed by atoms with Gasteiger partial charge >= 0.3 is 0 Å². The highest BCUT2D eigenvalue weighted by Crippen LogP contribution is 2.43. The summed E-state index contributed by atoms with van der Waals surface area (Å²) < 4.78 is 2.25. The maximum absolute atomic E-state index is 13.6. The van der Waals surface area contributed by atoms with Crippen molar-refractivity contribution in [2.75, 3.05) is 18.4 Å². The van der Waals surface area contributed by atoms with Gasteiger partial charge in [0.1, 0.15) is 5.82 Å². The minimum absolute atomic E-state index is 0.0246. The van der Waals surface area contributed by atoms with Gasteiger partial charge in [-0.1, -0.05) is 6.07 Å². The number of H-pyrrole nitrogens is 1. The molecule has 1 atom stereocenters. The lowest BCUT2D eigenvalue weighted by Crippen LogP contribution is -2.48. The lowest BCUT2D eigenvalue weighted by atomic mass is 9.76. The molecule has 0 unspecified atom stereocenters. The number of benzene rings is 1. The molecule has 37 heavy (non-hydrogen) atoms. The Bertz CT molecular complexity index is 1580. The number of nitrogens with zero attached hydrogens (tertiary/aromatic N) is 6. The molecule has 1 spiro atoms. The zero-order valence-corrected chi connectivity index (χ0v) is 20.9. The molecule has 3 aliphatic heterocycles. The first-order chi connectivity index (χ1) is 17.9. The van der Waals surface area contributed by atoms with Gasteiger partial charge in [0, 0.05) is 61.6 Å². The molecule has 7 rings (SSSR count). The number of nitrogens with one attached hydrogen (secondary N) is 2. The molecule has 1 aromatic carbocycles. The Kier molecular flexibility index (Phi) is 4.76. The molecule has 0 saturated carbocycles. The fourth-order valence-corrected chi connectivity index (χ4v) is 6.52. The van der Waals surface area contributed by atoms with E-state index in [-0.39, 0.29) is 17.7 Å². The average Bonchev–Trinajstić information content (AvgIpc) is 3.57. The third kappa shape index (κ3) is 3.24. The maximum Gasteiger partial charge on any atom is 0.238 e. The monoisotopic (exact) mass is 496 g/mol. The van der Waals surface area contributed by atoms with Crippen molar-refractivity contribution in [3.05, 3.63) is 64.8 Å². The number of aromatic nitrogens is 6. The topological polar surface area (TPSA) is 122 Å². The summed E-state index contributed by atoms with van der Waals surface area (Å²) in [5, 5.41) is 11.5. The van der Waals surface area contributed by atoms with E-state index < -0.39 is 5.41 Å². The van der Waals surface area contributed by atoms with Gasteiger partial charge in [0.15, 0.2) is 5.82 Å². The number of rotatable bonds is 2. The van der Waals surface area contributed by atoms with Gasteiger partial charge in [0.25, 0.3) is 0 Å². The molecule has 6 heterocycles. The fraction of sp³-hybridized carbons (Fsp3) is 0.407. The smallest absolute Gasteiger partial charge is 0.238 e. The van der Waals surface area contributed by atoms with Crippen molar-refractivity contribution < 1.29 is 9.59 Å². The normalized spacial score (nSPS) is 19.9. The molecule has 3 aliphatic rings.